The molecule has 2 amide bonds. The summed E-state index contributed by atoms with van der Waals surface area (Å²) in [6, 6.07) is 7.68. The fourth-order valence-corrected chi connectivity index (χ4v) is 6.35. The first-order valence-electron chi connectivity index (χ1n) is 14.1. The van der Waals surface area contributed by atoms with Crippen molar-refractivity contribution in [3.05, 3.63) is 29.8 Å². The largest absolute Gasteiger partial charge is 0.496 e. The van der Waals surface area contributed by atoms with Gasteiger partial charge in [0.2, 0.25) is 11.8 Å². The Balaban J connectivity index is 1.46. The molecule has 6 nitrogen and oxygen atoms in total. The number of carbonyl (C=O) groups is 2. The van der Waals surface area contributed by atoms with Gasteiger partial charge in [0.1, 0.15) is 5.75 Å². The van der Waals surface area contributed by atoms with Crippen LogP contribution in [0.5, 0.6) is 5.75 Å². The van der Waals surface area contributed by atoms with Crippen LogP contribution in [-0.4, -0.2) is 72.9 Å². The van der Waals surface area contributed by atoms with Crippen LogP contribution in [0.3, 0.4) is 0 Å². The quantitative estimate of drug-likeness (QED) is 0.528. The molecule has 35 heavy (non-hydrogen) atoms. The second kappa shape index (κ2) is 12.8. The van der Waals surface area contributed by atoms with Gasteiger partial charge < -0.3 is 19.4 Å². The van der Waals surface area contributed by atoms with E-state index >= 15 is 0 Å². The summed E-state index contributed by atoms with van der Waals surface area (Å²) in [5.41, 5.74) is 0.966. The van der Waals surface area contributed by atoms with Gasteiger partial charge in [-0.3, -0.25) is 9.59 Å². The first kappa shape index (κ1) is 26.0. The average Bonchev–Trinajstić information content (AvgIpc) is 3.16. The van der Waals surface area contributed by atoms with Crippen molar-refractivity contribution in [3.8, 4) is 5.75 Å². The Labute approximate surface area is 212 Å². The molecule has 6 heteroatoms. The van der Waals surface area contributed by atoms with E-state index in [9.17, 15) is 9.59 Å². The molecule has 3 saturated heterocycles. The van der Waals surface area contributed by atoms with Crippen LogP contribution in [0.4, 0.5) is 0 Å². The van der Waals surface area contributed by atoms with Crippen LogP contribution < -0.4 is 4.74 Å². The lowest BCUT2D eigenvalue weighted by Gasteiger charge is -2.44. The number of carbonyl (C=O) groups excluding carboxylic acids is 2. The minimum atomic E-state index is -0.249. The number of benzene rings is 1. The van der Waals surface area contributed by atoms with Crippen LogP contribution in [0.1, 0.15) is 82.7 Å². The lowest BCUT2D eigenvalue weighted by atomic mass is 9.82. The van der Waals surface area contributed by atoms with Crippen LogP contribution >= 0.6 is 0 Å². The third-order valence-corrected chi connectivity index (χ3v) is 8.38. The minimum absolute atomic E-state index is 0.162. The smallest absolute Gasteiger partial charge is 0.228 e. The first-order chi connectivity index (χ1) is 17.1. The van der Waals surface area contributed by atoms with Gasteiger partial charge >= 0.3 is 0 Å². The van der Waals surface area contributed by atoms with Crippen LogP contribution in [-0.2, 0) is 9.59 Å². The fourth-order valence-electron chi connectivity index (χ4n) is 6.35. The normalized spacial score (nSPS) is 24.9. The van der Waals surface area contributed by atoms with Crippen molar-refractivity contribution in [1.29, 1.82) is 0 Å². The highest BCUT2D eigenvalue weighted by molar-refractivity contribution is 5.85. The summed E-state index contributed by atoms with van der Waals surface area (Å²) in [6.45, 7) is 8.19. The maximum absolute atomic E-state index is 13.9. The van der Waals surface area contributed by atoms with E-state index in [0.29, 0.717) is 25.3 Å². The van der Waals surface area contributed by atoms with Crippen molar-refractivity contribution in [2.24, 2.45) is 11.8 Å². The summed E-state index contributed by atoms with van der Waals surface area (Å²) in [7, 11) is 1.67. The van der Waals surface area contributed by atoms with Crippen molar-refractivity contribution in [1.82, 2.24) is 14.7 Å². The highest BCUT2D eigenvalue weighted by Gasteiger charge is 2.43. The number of methoxy groups -OCH3 is 1. The van der Waals surface area contributed by atoms with Gasteiger partial charge in [0.25, 0.3) is 0 Å². The van der Waals surface area contributed by atoms with Gasteiger partial charge in [-0.1, -0.05) is 44.4 Å². The van der Waals surface area contributed by atoms with Crippen LogP contribution in [0.2, 0.25) is 0 Å². The SMILES string of the molecule is CCCCN1C(=O)CCC(C(=O)N2CCC(CN3CCCCCC3)CC2)C1c1ccccc1OC. The Morgan fingerprint density at radius 2 is 1.71 bits per heavy atom. The van der Waals surface area contributed by atoms with E-state index in [0.717, 1.165) is 50.1 Å². The zero-order chi connectivity index (χ0) is 24.6. The number of ether oxygens (including phenoxy) is 1. The number of likely N-dealkylation sites (tertiary alicyclic amines) is 3. The van der Waals surface area contributed by atoms with Gasteiger partial charge in [-0.25, -0.2) is 0 Å². The summed E-state index contributed by atoms with van der Waals surface area (Å²) in [5, 5.41) is 0. The molecular weight excluding hydrogens is 438 g/mol. The number of para-hydroxylation sites is 1. The van der Waals surface area contributed by atoms with E-state index in [4.69, 9.17) is 4.74 Å². The van der Waals surface area contributed by atoms with Gasteiger partial charge in [0, 0.05) is 38.2 Å². The van der Waals surface area contributed by atoms with Gasteiger partial charge in [-0.15, -0.1) is 0 Å². The molecule has 1 aromatic rings. The Hall–Kier alpha value is -2.08. The molecule has 3 aliphatic heterocycles. The summed E-state index contributed by atoms with van der Waals surface area (Å²) < 4.78 is 5.69. The lowest BCUT2D eigenvalue weighted by Crippen LogP contribution is -2.51. The molecule has 3 aliphatic rings. The zero-order valence-electron chi connectivity index (χ0n) is 21.9. The van der Waals surface area contributed by atoms with Gasteiger partial charge in [0.15, 0.2) is 0 Å². The Morgan fingerprint density at radius 1 is 1.00 bits per heavy atom. The second-order valence-corrected chi connectivity index (χ2v) is 10.8. The number of piperidine rings is 2. The van der Waals surface area contributed by atoms with Gasteiger partial charge in [-0.2, -0.15) is 0 Å². The lowest BCUT2D eigenvalue weighted by molar-refractivity contribution is -0.149. The monoisotopic (exact) mass is 483 g/mol. The predicted molar refractivity (Wildman–Crippen MR) is 139 cm³/mol. The molecule has 0 N–H and O–H groups in total. The van der Waals surface area contributed by atoms with Crippen molar-refractivity contribution in [2.75, 3.05) is 46.4 Å². The van der Waals surface area contributed by atoms with E-state index in [1.54, 1.807) is 7.11 Å². The minimum Gasteiger partial charge on any atom is -0.496 e. The molecule has 0 radical (unpaired) electrons. The molecule has 2 unspecified atom stereocenters. The Kier molecular flexibility index (Phi) is 9.47. The molecular formula is C29H45N3O3. The van der Waals surface area contributed by atoms with E-state index in [-0.39, 0.29) is 23.8 Å². The summed E-state index contributed by atoms with van der Waals surface area (Å²) in [4.78, 5) is 33.7. The second-order valence-electron chi connectivity index (χ2n) is 10.8. The average molecular weight is 484 g/mol. The third kappa shape index (κ3) is 6.38. The maximum atomic E-state index is 13.9. The predicted octanol–water partition coefficient (Wildman–Crippen LogP) is 4.89. The topological polar surface area (TPSA) is 53.1 Å². The summed E-state index contributed by atoms with van der Waals surface area (Å²) >= 11 is 0. The van der Waals surface area contributed by atoms with Crippen molar-refractivity contribution in [2.45, 2.75) is 77.2 Å². The number of rotatable bonds is 8. The highest BCUT2D eigenvalue weighted by atomic mass is 16.5. The summed E-state index contributed by atoms with van der Waals surface area (Å²) in [6.07, 6.45) is 10.6. The van der Waals surface area contributed by atoms with Gasteiger partial charge in [-0.05, 0) is 63.6 Å². The molecule has 0 aromatic heterocycles. The van der Waals surface area contributed by atoms with Crippen LogP contribution in [0.15, 0.2) is 24.3 Å². The fraction of sp³-hybridized carbons (Fsp3) is 0.724. The van der Waals surface area contributed by atoms with Crippen LogP contribution in [0, 0.1) is 11.8 Å². The first-order valence-corrected chi connectivity index (χ1v) is 14.1. The molecule has 0 saturated carbocycles. The number of unbranched alkanes of at least 4 members (excludes halogenated alkanes) is 1. The highest BCUT2D eigenvalue weighted by Crippen LogP contribution is 2.42. The summed E-state index contributed by atoms with van der Waals surface area (Å²) in [5.74, 6) is 1.64. The van der Waals surface area contributed by atoms with Crippen molar-refractivity contribution < 1.29 is 14.3 Å². The molecule has 3 fully saturated rings. The molecule has 194 valence electrons. The molecule has 4 rings (SSSR count). The maximum Gasteiger partial charge on any atom is 0.228 e. The van der Waals surface area contributed by atoms with E-state index in [1.165, 1.54) is 45.3 Å². The number of nitrogens with zero attached hydrogens (tertiary/aromatic N) is 3. The Bertz CT molecular complexity index is 828. The van der Waals surface area contributed by atoms with Crippen LogP contribution in [0.25, 0.3) is 0 Å². The molecule has 1 aromatic carbocycles. The zero-order valence-corrected chi connectivity index (χ0v) is 21.9. The van der Waals surface area contributed by atoms with Crippen molar-refractivity contribution in [3.63, 3.8) is 0 Å². The number of amides is 2. The molecule has 0 spiro atoms. The van der Waals surface area contributed by atoms with Gasteiger partial charge in [0.05, 0.1) is 19.1 Å². The third-order valence-electron chi connectivity index (χ3n) is 8.38. The standard InChI is InChI=1S/C29H45N3O3/c1-3-4-19-32-27(33)14-13-25(28(32)24-11-7-8-12-26(24)35-2)29(34)31-20-15-23(16-21-31)22-30-17-9-5-6-10-18-30/h7-8,11-12,23,25,28H,3-6,9-10,13-22H2,1-2H3. The number of hydrogen-bond donors (Lipinski definition) is 0. The van der Waals surface area contributed by atoms with E-state index < -0.39 is 0 Å². The molecule has 2 atom stereocenters. The van der Waals surface area contributed by atoms with E-state index in [1.807, 2.05) is 29.2 Å². The number of hydrogen-bond acceptors (Lipinski definition) is 4. The molecule has 0 bridgehead atoms. The van der Waals surface area contributed by atoms with E-state index in [2.05, 4.69) is 16.7 Å². The van der Waals surface area contributed by atoms with Crippen molar-refractivity contribution >= 4 is 11.8 Å². The molecule has 0 aliphatic carbocycles. The Morgan fingerprint density at radius 3 is 2.40 bits per heavy atom. The molecule has 3 heterocycles.